The number of aliphatic carboxylic acids is 1. The summed E-state index contributed by atoms with van der Waals surface area (Å²) in [5.74, 6) is -2.72. The van der Waals surface area contributed by atoms with Gasteiger partial charge in [-0.15, -0.1) is 0 Å². The molecule has 4 rings (SSSR count). The lowest BCUT2D eigenvalue weighted by Gasteiger charge is -2.38. The van der Waals surface area contributed by atoms with Crippen LogP contribution >= 0.6 is 0 Å². The zero-order valence-corrected chi connectivity index (χ0v) is 26.5. The van der Waals surface area contributed by atoms with Gasteiger partial charge < -0.3 is 37.4 Å². The van der Waals surface area contributed by atoms with E-state index in [0.29, 0.717) is 44.9 Å². The number of benzene rings is 2. The molecular formula is C34H45N7O6. The number of carbonyl (C=O) groups excluding carboxylic acids is 4. The number of nitrogens with two attached hydrogens (primary N) is 2. The molecule has 0 radical (unpaired) electrons. The molecule has 2 fully saturated rings. The molecule has 2 aromatic carbocycles. The number of aliphatic imine (C=N–C) groups is 1. The summed E-state index contributed by atoms with van der Waals surface area (Å²) in [4.78, 5) is 70.8. The van der Waals surface area contributed by atoms with Crippen LogP contribution in [0.2, 0.25) is 0 Å². The van der Waals surface area contributed by atoms with Gasteiger partial charge in [0, 0.05) is 18.6 Å². The molecule has 2 saturated heterocycles. The molecule has 2 heterocycles. The maximum absolute atomic E-state index is 13.7. The standard InChI is InChI=1S/C34H45N7O6/c35-34(36)37-19-7-12-26(31(45)38-24(21-30(43)44)14-13-22-8-3-1-4-9-22)40-32(46)28-18-16-25-15-17-27(33(47)41(25)28)39-29(42)20-23-10-5-2-6-11-23/h1-6,8-11,24-28H,7,12-21H2,(H,38,45)(H,39,42)(H,40,46)(H,43,44)(H4,35,36,37). The minimum Gasteiger partial charge on any atom is -0.481 e. The third kappa shape index (κ3) is 10.5. The van der Waals surface area contributed by atoms with E-state index in [0.717, 1.165) is 11.1 Å². The Morgan fingerprint density at radius 1 is 0.894 bits per heavy atom. The Morgan fingerprint density at radius 2 is 1.55 bits per heavy atom. The molecule has 13 nitrogen and oxygen atoms in total. The lowest BCUT2D eigenvalue weighted by atomic mass is 9.97. The highest BCUT2D eigenvalue weighted by Crippen LogP contribution is 2.33. The van der Waals surface area contributed by atoms with Crippen LogP contribution in [0.3, 0.4) is 0 Å². The number of guanidine groups is 1. The third-order valence-corrected chi connectivity index (χ3v) is 8.66. The van der Waals surface area contributed by atoms with E-state index >= 15 is 0 Å². The Morgan fingerprint density at radius 3 is 2.21 bits per heavy atom. The van der Waals surface area contributed by atoms with Gasteiger partial charge in [0.15, 0.2) is 5.96 Å². The summed E-state index contributed by atoms with van der Waals surface area (Å²) in [6, 6.07) is 15.4. The second-order valence-corrected chi connectivity index (χ2v) is 12.2. The number of carboxylic acid groups (broad SMARTS) is 1. The maximum atomic E-state index is 13.7. The first-order valence-corrected chi connectivity index (χ1v) is 16.2. The number of amides is 4. The Bertz CT molecular complexity index is 1420. The maximum Gasteiger partial charge on any atom is 0.305 e. The highest BCUT2D eigenvalue weighted by molar-refractivity contribution is 5.95. The molecule has 0 bridgehead atoms. The molecule has 2 aliphatic rings. The molecule has 13 heteroatoms. The van der Waals surface area contributed by atoms with Gasteiger partial charge in [0.25, 0.3) is 0 Å². The quantitative estimate of drug-likeness (QED) is 0.0877. The molecule has 4 amide bonds. The van der Waals surface area contributed by atoms with Crippen molar-refractivity contribution in [2.75, 3.05) is 6.54 Å². The lowest BCUT2D eigenvalue weighted by molar-refractivity contribution is -0.146. The molecule has 0 aliphatic carbocycles. The highest BCUT2D eigenvalue weighted by atomic mass is 16.4. The minimum absolute atomic E-state index is 0.0940. The van der Waals surface area contributed by atoms with Crippen molar-refractivity contribution in [3.63, 3.8) is 0 Å². The fourth-order valence-corrected chi connectivity index (χ4v) is 6.34. The number of aryl methyl sites for hydroxylation is 1. The number of rotatable bonds is 16. The second kappa shape index (κ2) is 17.1. The van der Waals surface area contributed by atoms with Gasteiger partial charge in [0.05, 0.1) is 12.8 Å². The molecule has 252 valence electrons. The number of hydrogen-bond donors (Lipinski definition) is 6. The van der Waals surface area contributed by atoms with Crippen LogP contribution in [0.1, 0.15) is 62.5 Å². The van der Waals surface area contributed by atoms with Crippen molar-refractivity contribution in [1.82, 2.24) is 20.9 Å². The summed E-state index contributed by atoms with van der Waals surface area (Å²) >= 11 is 0. The first kappa shape index (κ1) is 34.9. The van der Waals surface area contributed by atoms with Gasteiger partial charge in [-0.2, -0.15) is 0 Å². The van der Waals surface area contributed by atoms with Crippen molar-refractivity contribution in [2.45, 2.75) is 94.4 Å². The van der Waals surface area contributed by atoms with Crippen LogP contribution in [0.5, 0.6) is 0 Å². The van der Waals surface area contributed by atoms with Crippen LogP contribution in [0.15, 0.2) is 65.7 Å². The number of fused-ring (bicyclic) bond motifs is 1. The van der Waals surface area contributed by atoms with E-state index in [4.69, 9.17) is 11.5 Å². The molecule has 0 spiro atoms. The van der Waals surface area contributed by atoms with Crippen molar-refractivity contribution in [3.05, 3.63) is 71.8 Å². The van der Waals surface area contributed by atoms with Gasteiger partial charge in [-0.25, -0.2) is 0 Å². The summed E-state index contributed by atoms with van der Waals surface area (Å²) in [7, 11) is 0. The molecule has 2 aliphatic heterocycles. The van der Waals surface area contributed by atoms with E-state index in [1.807, 2.05) is 60.7 Å². The predicted molar refractivity (Wildman–Crippen MR) is 176 cm³/mol. The summed E-state index contributed by atoms with van der Waals surface area (Å²) in [5.41, 5.74) is 12.7. The average Bonchev–Trinajstić information content (AvgIpc) is 3.48. The molecule has 0 aromatic heterocycles. The van der Waals surface area contributed by atoms with Crippen LogP contribution in [-0.4, -0.2) is 82.3 Å². The third-order valence-electron chi connectivity index (χ3n) is 8.66. The molecule has 2 aromatic rings. The summed E-state index contributed by atoms with van der Waals surface area (Å²) in [5, 5.41) is 18.0. The smallest absolute Gasteiger partial charge is 0.305 e. The Kier molecular flexibility index (Phi) is 12.7. The Hall–Kier alpha value is -4.94. The van der Waals surface area contributed by atoms with Crippen LogP contribution in [-0.2, 0) is 36.8 Å². The van der Waals surface area contributed by atoms with Crippen molar-refractivity contribution in [3.8, 4) is 0 Å². The van der Waals surface area contributed by atoms with Crippen molar-refractivity contribution >= 4 is 35.6 Å². The van der Waals surface area contributed by atoms with Crippen molar-refractivity contribution in [2.24, 2.45) is 16.5 Å². The van der Waals surface area contributed by atoms with Crippen LogP contribution in [0, 0.1) is 0 Å². The molecule has 8 N–H and O–H groups in total. The number of nitrogens with one attached hydrogen (secondary N) is 3. The molecule has 47 heavy (non-hydrogen) atoms. The minimum atomic E-state index is -1.05. The van der Waals surface area contributed by atoms with Gasteiger partial charge in [-0.3, -0.25) is 29.0 Å². The first-order valence-electron chi connectivity index (χ1n) is 16.2. The largest absolute Gasteiger partial charge is 0.481 e. The van der Waals surface area contributed by atoms with E-state index < -0.39 is 42.0 Å². The van der Waals surface area contributed by atoms with Gasteiger partial charge in [-0.05, 0) is 62.5 Å². The van der Waals surface area contributed by atoms with Crippen LogP contribution in [0.4, 0.5) is 0 Å². The second-order valence-electron chi connectivity index (χ2n) is 12.2. The lowest BCUT2D eigenvalue weighted by Crippen LogP contribution is -2.60. The van der Waals surface area contributed by atoms with E-state index in [-0.39, 0.29) is 49.6 Å². The van der Waals surface area contributed by atoms with Gasteiger partial charge in [-0.1, -0.05) is 60.7 Å². The molecule has 0 saturated carbocycles. The molecular weight excluding hydrogens is 602 g/mol. The van der Waals surface area contributed by atoms with Crippen molar-refractivity contribution < 1.29 is 29.1 Å². The summed E-state index contributed by atoms with van der Waals surface area (Å²) in [6.07, 6.45) is 3.56. The fourth-order valence-electron chi connectivity index (χ4n) is 6.34. The normalized spacial score (nSPS) is 20.0. The van der Waals surface area contributed by atoms with E-state index in [9.17, 15) is 29.1 Å². The Labute approximate surface area is 274 Å². The van der Waals surface area contributed by atoms with Gasteiger partial charge in [0.1, 0.15) is 18.1 Å². The summed E-state index contributed by atoms with van der Waals surface area (Å²) < 4.78 is 0. The molecule has 5 unspecified atom stereocenters. The van der Waals surface area contributed by atoms with Crippen LogP contribution in [0.25, 0.3) is 0 Å². The monoisotopic (exact) mass is 647 g/mol. The number of hydrogen-bond acceptors (Lipinski definition) is 6. The van der Waals surface area contributed by atoms with Crippen LogP contribution < -0.4 is 27.4 Å². The van der Waals surface area contributed by atoms with Crippen molar-refractivity contribution in [1.29, 1.82) is 0 Å². The number of carboxylic acids is 1. The zero-order valence-electron chi connectivity index (χ0n) is 26.5. The average molecular weight is 648 g/mol. The number of carbonyl (C=O) groups is 5. The van der Waals surface area contributed by atoms with Gasteiger partial charge in [0.2, 0.25) is 23.6 Å². The number of piperidine rings is 1. The summed E-state index contributed by atoms with van der Waals surface area (Å²) in [6.45, 7) is 0.231. The fraction of sp³-hybridized carbons (Fsp3) is 0.471. The molecule has 5 atom stereocenters. The van der Waals surface area contributed by atoms with Gasteiger partial charge >= 0.3 is 5.97 Å². The van der Waals surface area contributed by atoms with E-state index in [1.54, 1.807) is 4.90 Å². The zero-order chi connectivity index (χ0) is 33.8. The SMILES string of the molecule is NC(N)=NCCCC(NC(=O)C1CCC2CCC(NC(=O)Cc3ccccc3)C(=O)N21)C(=O)NC(CCc1ccccc1)CC(=O)O. The van der Waals surface area contributed by atoms with E-state index in [1.165, 1.54) is 0 Å². The topological polar surface area (TPSA) is 209 Å². The predicted octanol–water partition coefficient (Wildman–Crippen LogP) is 0.998. The Balaban J connectivity index is 1.41. The highest BCUT2D eigenvalue weighted by Gasteiger charge is 2.46. The number of nitrogens with zero attached hydrogens (tertiary/aromatic N) is 2. The first-order chi connectivity index (χ1) is 22.6. The van der Waals surface area contributed by atoms with E-state index in [2.05, 4.69) is 20.9 Å².